The fourth-order valence-corrected chi connectivity index (χ4v) is 2.44. The van der Waals surface area contributed by atoms with Gasteiger partial charge < -0.3 is 4.57 Å². The number of rotatable bonds is 3. The number of aryl methyl sites for hydroxylation is 3. The zero-order chi connectivity index (χ0) is 14.0. The van der Waals surface area contributed by atoms with Crippen LogP contribution in [0.15, 0.2) is 41.3 Å². The zero-order valence-electron chi connectivity index (χ0n) is 11.4. The van der Waals surface area contributed by atoms with Crippen molar-refractivity contribution in [3.05, 3.63) is 69.1 Å². The molecule has 0 saturated carbocycles. The Kier molecular flexibility index (Phi) is 3.65. The lowest BCUT2D eigenvalue weighted by Gasteiger charge is -2.11. The van der Waals surface area contributed by atoms with Gasteiger partial charge in [-0.1, -0.05) is 23.8 Å². The van der Waals surface area contributed by atoms with Crippen molar-refractivity contribution in [1.29, 1.82) is 0 Å². The van der Waals surface area contributed by atoms with Gasteiger partial charge in [-0.25, -0.2) is 0 Å². The number of hydrogen-bond donors (Lipinski definition) is 0. The molecule has 2 aromatic rings. The van der Waals surface area contributed by atoms with Gasteiger partial charge in [0.15, 0.2) is 5.78 Å². The Morgan fingerprint density at radius 2 is 1.74 bits per heavy atom. The van der Waals surface area contributed by atoms with Crippen LogP contribution in [-0.4, -0.2) is 10.4 Å². The quantitative estimate of drug-likeness (QED) is 0.791. The summed E-state index contributed by atoms with van der Waals surface area (Å²) in [4.78, 5) is 24.0. The molecule has 2 rings (SSSR count). The third-order valence-corrected chi connectivity index (χ3v) is 3.17. The van der Waals surface area contributed by atoms with Gasteiger partial charge in [0.2, 0.25) is 0 Å². The first-order chi connectivity index (χ1) is 8.99. The third-order valence-electron chi connectivity index (χ3n) is 3.17. The fourth-order valence-electron chi connectivity index (χ4n) is 2.44. The highest BCUT2D eigenvalue weighted by Gasteiger charge is 2.13. The zero-order valence-corrected chi connectivity index (χ0v) is 11.4. The number of hydrogen-bond acceptors (Lipinski definition) is 2. The highest BCUT2D eigenvalue weighted by atomic mass is 16.1. The first-order valence-corrected chi connectivity index (χ1v) is 6.25. The first kappa shape index (κ1) is 13.3. The predicted octanol–water partition coefficient (Wildman–Crippen LogP) is 2.66. The summed E-state index contributed by atoms with van der Waals surface area (Å²) in [5, 5.41) is 0. The van der Waals surface area contributed by atoms with Crippen molar-refractivity contribution in [3.63, 3.8) is 0 Å². The molecule has 0 saturated heterocycles. The molecule has 19 heavy (non-hydrogen) atoms. The van der Waals surface area contributed by atoms with Crippen LogP contribution in [0.2, 0.25) is 0 Å². The standard InChI is InChI=1S/C16H17NO2/c1-11-8-12(2)16(13(3)9-11)14(18)10-17-7-5-4-6-15(17)19/h4-9H,10H2,1-3H3. The first-order valence-electron chi connectivity index (χ1n) is 6.25. The molecule has 0 amide bonds. The van der Waals surface area contributed by atoms with E-state index >= 15 is 0 Å². The summed E-state index contributed by atoms with van der Waals surface area (Å²) in [6, 6.07) is 8.87. The molecule has 0 aliphatic rings. The van der Waals surface area contributed by atoms with Gasteiger partial charge in [0.1, 0.15) is 0 Å². The van der Waals surface area contributed by atoms with Crippen molar-refractivity contribution < 1.29 is 4.79 Å². The molecule has 0 bridgehead atoms. The van der Waals surface area contributed by atoms with E-state index in [9.17, 15) is 9.59 Å². The highest BCUT2D eigenvalue weighted by Crippen LogP contribution is 2.17. The van der Waals surface area contributed by atoms with E-state index in [4.69, 9.17) is 0 Å². The maximum absolute atomic E-state index is 12.4. The maximum Gasteiger partial charge on any atom is 0.250 e. The molecule has 0 atom stereocenters. The van der Waals surface area contributed by atoms with E-state index in [1.165, 1.54) is 10.6 Å². The summed E-state index contributed by atoms with van der Waals surface area (Å²) >= 11 is 0. The van der Waals surface area contributed by atoms with Crippen LogP contribution in [0.25, 0.3) is 0 Å². The van der Waals surface area contributed by atoms with Crippen molar-refractivity contribution in [2.45, 2.75) is 27.3 Å². The number of Topliss-reactive ketones (excluding diaryl/α,β-unsaturated/α-hetero) is 1. The molecular weight excluding hydrogens is 238 g/mol. The van der Waals surface area contributed by atoms with Crippen LogP contribution in [0.5, 0.6) is 0 Å². The second kappa shape index (κ2) is 5.22. The summed E-state index contributed by atoms with van der Waals surface area (Å²) < 4.78 is 1.43. The van der Waals surface area contributed by atoms with Crippen molar-refractivity contribution in [1.82, 2.24) is 4.57 Å². The Labute approximate surface area is 112 Å². The Hall–Kier alpha value is -2.16. The molecule has 0 unspecified atom stereocenters. The fraction of sp³-hybridized carbons (Fsp3) is 0.250. The van der Waals surface area contributed by atoms with E-state index in [0.717, 1.165) is 22.3 Å². The monoisotopic (exact) mass is 255 g/mol. The van der Waals surface area contributed by atoms with Crippen molar-refractivity contribution in [3.8, 4) is 0 Å². The predicted molar refractivity (Wildman–Crippen MR) is 75.7 cm³/mol. The number of aromatic nitrogens is 1. The van der Waals surface area contributed by atoms with Crippen LogP contribution >= 0.6 is 0 Å². The van der Waals surface area contributed by atoms with E-state index in [2.05, 4.69) is 0 Å². The van der Waals surface area contributed by atoms with Gasteiger partial charge in [-0.3, -0.25) is 9.59 Å². The maximum atomic E-state index is 12.4. The number of pyridine rings is 1. The van der Waals surface area contributed by atoms with E-state index in [0.29, 0.717) is 0 Å². The molecule has 0 aliphatic heterocycles. The van der Waals surface area contributed by atoms with Gasteiger partial charge in [0, 0.05) is 17.8 Å². The lowest BCUT2D eigenvalue weighted by molar-refractivity contribution is 0.0969. The van der Waals surface area contributed by atoms with E-state index in [-0.39, 0.29) is 17.9 Å². The van der Waals surface area contributed by atoms with Crippen molar-refractivity contribution in [2.24, 2.45) is 0 Å². The minimum atomic E-state index is -0.154. The molecule has 0 fully saturated rings. The van der Waals surface area contributed by atoms with Gasteiger partial charge >= 0.3 is 0 Å². The minimum Gasteiger partial charge on any atom is -0.308 e. The largest absolute Gasteiger partial charge is 0.308 e. The van der Waals surface area contributed by atoms with Gasteiger partial charge in [-0.05, 0) is 38.0 Å². The van der Waals surface area contributed by atoms with E-state index in [1.54, 1.807) is 18.3 Å². The second-order valence-corrected chi connectivity index (χ2v) is 4.86. The van der Waals surface area contributed by atoms with Gasteiger partial charge in [-0.15, -0.1) is 0 Å². The van der Waals surface area contributed by atoms with Crippen LogP contribution in [0.4, 0.5) is 0 Å². The van der Waals surface area contributed by atoms with Gasteiger partial charge in [0.25, 0.3) is 5.56 Å². The van der Waals surface area contributed by atoms with Crippen LogP contribution in [0, 0.1) is 20.8 Å². The number of nitrogens with zero attached hydrogens (tertiary/aromatic N) is 1. The summed E-state index contributed by atoms with van der Waals surface area (Å²) in [6.45, 7) is 5.96. The molecular formula is C16H17NO2. The summed E-state index contributed by atoms with van der Waals surface area (Å²) in [7, 11) is 0. The Morgan fingerprint density at radius 3 is 2.32 bits per heavy atom. The Balaban J connectivity index is 2.36. The molecule has 0 radical (unpaired) electrons. The van der Waals surface area contributed by atoms with Crippen molar-refractivity contribution >= 4 is 5.78 Å². The third kappa shape index (κ3) is 2.81. The lowest BCUT2D eigenvalue weighted by atomic mass is 9.96. The summed E-state index contributed by atoms with van der Waals surface area (Å²) in [5.41, 5.74) is 3.64. The van der Waals surface area contributed by atoms with Crippen LogP contribution in [0.1, 0.15) is 27.0 Å². The molecule has 0 N–H and O–H groups in total. The molecule has 3 nitrogen and oxygen atoms in total. The minimum absolute atomic E-state index is 0.0247. The Bertz CT molecular complexity index is 660. The molecule has 1 heterocycles. The van der Waals surface area contributed by atoms with Gasteiger partial charge in [-0.2, -0.15) is 0 Å². The number of carbonyl (C=O) groups excluding carboxylic acids is 1. The van der Waals surface area contributed by atoms with Crippen molar-refractivity contribution in [2.75, 3.05) is 0 Å². The molecule has 0 spiro atoms. The Morgan fingerprint density at radius 1 is 1.11 bits per heavy atom. The molecule has 1 aromatic carbocycles. The molecule has 98 valence electrons. The molecule has 3 heteroatoms. The SMILES string of the molecule is Cc1cc(C)c(C(=O)Cn2ccccc2=O)c(C)c1. The number of benzene rings is 1. The molecule has 0 aliphatic carbocycles. The van der Waals surface area contributed by atoms with Crippen LogP contribution in [0.3, 0.4) is 0 Å². The van der Waals surface area contributed by atoms with Crippen LogP contribution < -0.4 is 5.56 Å². The summed E-state index contributed by atoms with van der Waals surface area (Å²) in [5.74, 6) is -0.0247. The highest BCUT2D eigenvalue weighted by molar-refractivity contribution is 5.98. The average Bonchev–Trinajstić information content (AvgIpc) is 2.30. The topological polar surface area (TPSA) is 39.1 Å². The van der Waals surface area contributed by atoms with E-state index in [1.807, 2.05) is 32.9 Å². The molecule has 1 aromatic heterocycles. The number of ketones is 1. The normalized spacial score (nSPS) is 10.5. The van der Waals surface area contributed by atoms with Gasteiger partial charge in [0.05, 0.1) is 6.54 Å². The summed E-state index contributed by atoms with van der Waals surface area (Å²) in [6.07, 6.45) is 1.64. The lowest BCUT2D eigenvalue weighted by Crippen LogP contribution is -2.23. The second-order valence-electron chi connectivity index (χ2n) is 4.86. The van der Waals surface area contributed by atoms with Crippen LogP contribution in [-0.2, 0) is 6.54 Å². The average molecular weight is 255 g/mol. The smallest absolute Gasteiger partial charge is 0.250 e. The van der Waals surface area contributed by atoms with E-state index < -0.39 is 0 Å². The number of carbonyl (C=O) groups is 1.